The van der Waals surface area contributed by atoms with E-state index >= 15 is 0 Å². The van der Waals surface area contributed by atoms with Crippen molar-refractivity contribution in [2.75, 3.05) is 20.1 Å². The van der Waals surface area contributed by atoms with E-state index in [0.717, 1.165) is 31.5 Å². The largest absolute Gasteiger partial charge is 0.376 e. The fraction of sp³-hybridized carbons (Fsp3) is 0.389. The van der Waals surface area contributed by atoms with E-state index in [1.54, 1.807) is 0 Å². The molecule has 2 heterocycles. The Morgan fingerprint density at radius 2 is 2.00 bits per heavy atom. The van der Waals surface area contributed by atoms with E-state index in [-0.39, 0.29) is 11.9 Å². The zero-order valence-electron chi connectivity index (χ0n) is 12.5. The number of benzene rings is 1. The van der Waals surface area contributed by atoms with Crippen molar-refractivity contribution in [3.05, 3.63) is 59.8 Å². The van der Waals surface area contributed by atoms with Gasteiger partial charge in [-0.25, -0.2) is 0 Å². The van der Waals surface area contributed by atoms with Gasteiger partial charge in [0, 0.05) is 31.9 Å². The van der Waals surface area contributed by atoms with Gasteiger partial charge in [0.1, 0.15) is 0 Å². The van der Waals surface area contributed by atoms with E-state index in [1.165, 1.54) is 12.0 Å². The Morgan fingerprint density at radius 1 is 1.19 bits per heavy atom. The maximum atomic E-state index is 12.8. The second kappa shape index (κ2) is 6.17. The first-order valence-corrected chi connectivity index (χ1v) is 7.70. The third-order valence-corrected chi connectivity index (χ3v) is 4.24. The summed E-state index contributed by atoms with van der Waals surface area (Å²) in [7, 11) is 2.08. The predicted molar refractivity (Wildman–Crippen MR) is 85.0 cm³/mol. The molecular weight excluding hydrogens is 260 g/mol. The molecule has 3 nitrogen and oxygen atoms in total. The van der Waals surface area contributed by atoms with Crippen LogP contribution in [0.5, 0.6) is 0 Å². The topological polar surface area (TPSA) is 23.6 Å². The van der Waals surface area contributed by atoms with Crippen LogP contribution in [0, 0.1) is 0 Å². The fourth-order valence-corrected chi connectivity index (χ4v) is 3.17. The molecule has 2 aliphatic heterocycles. The standard InChI is InChI=1S/C18H22N2O/c1-19-12-7-10-16(14-19)17-11-5-6-13-20(17)18(21)15-8-3-2-4-9-15/h2-4,7-10,14,17H,5-6,11-13H2,1H3. The Labute approximate surface area is 126 Å². The monoisotopic (exact) mass is 282 g/mol. The summed E-state index contributed by atoms with van der Waals surface area (Å²) in [5.74, 6) is 0.155. The van der Waals surface area contributed by atoms with Crippen molar-refractivity contribution in [1.82, 2.24) is 9.80 Å². The number of hydrogen-bond donors (Lipinski definition) is 0. The van der Waals surface area contributed by atoms with Crippen LogP contribution < -0.4 is 0 Å². The van der Waals surface area contributed by atoms with E-state index in [1.807, 2.05) is 35.2 Å². The van der Waals surface area contributed by atoms with E-state index in [2.05, 4.69) is 30.3 Å². The lowest BCUT2D eigenvalue weighted by atomic mass is 9.93. The summed E-state index contributed by atoms with van der Waals surface area (Å²) in [5, 5.41) is 0. The lowest BCUT2D eigenvalue weighted by Gasteiger charge is -2.38. The first-order valence-electron chi connectivity index (χ1n) is 7.70. The SMILES string of the molecule is CN1C=C(C2CCCCN2C(=O)c2ccccc2)C=CC1. The molecule has 0 saturated carbocycles. The number of amides is 1. The van der Waals surface area contributed by atoms with Crippen LogP contribution in [-0.2, 0) is 0 Å². The zero-order chi connectivity index (χ0) is 14.7. The summed E-state index contributed by atoms with van der Waals surface area (Å²) in [4.78, 5) is 17.0. The fourth-order valence-electron chi connectivity index (χ4n) is 3.17. The molecule has 1 atom stereocenters. The van der Waals surface area contributed by atoms with Crippen LogP contribution in [0.2, 0.25) is 0 Å². The van der Waals surface area contributed by atoms with Crippen molar-refractivity contribution < 1.29 is 4.79 Å². The lowest BCUT2D eigenvalue weighted by Crippen LogP contribution is -2.45. The molecule has 0 aromatic heterocycles. The molecule has 0 bridgehead atoms. The minimum atomic E-state index is 0.155. The molecule has 0 N–H and O–H groups in total. The summed E-state index contributed by atoms with van der Waals surface area (Å²) in [5.41, 5.74) is 2.05. The average Bonchev–Trinajstić information content (AvgIpc) is 2.55. The van der Waals surface area contributed by atoms with Crippen molar-refractivity contribution in [2.24, 2.45) is 0 Å². The predicted octanol–water partition coefficient (Wildman–Crippen LogP) is 3.07. The number of hydrogen-bond acceptors (Lipinski definition) is 2. The molecule has 1 fully saturated rings. The maximum absolute atomic E-state index is 12.8. The van der Waals surface area contributed by atoms with Gasteiger partial charge in [-0.15, -0.1) is 0 Å². The molecule has 0 spiro atoms. The number of carbonyl (C=O) groups is 1. The molecule has 3 rings (SSSR count). The summed E-state index contributed by atoms with van der Waals surface area (Å²) < 4.78 is 0. The van der Waals surface area contributed by atoms with Crippen LogP contribution >= 0.6 is 0 Å². The van der Waals surface area contributed by atoms with Crippen molar-refractivity contribution >= 4 is 5.91 Å². The molecular formula is C18H22N2O. The van der Waals surface area contributed by atoms with Gasteiger partial charge < -0.3 is 9.80 Å². The third kappa shape index (κ3) is 3.02. The van der Waals surface area contributed by atoms with Gasteiger partial charge in [-0.2, -0.15) is 0 Å². The van der Waals surface area contributed by atoms with Crippen LogP contribution in [0.4, 0.5) is 0 Å². The lowest BCUT2D eigenvalue weighted by molar-refractivity contribution is 0.0654. The molecule has 1 aromatic rings. The number of piperidine rings is 1. The van der Waals surface area contributed by atoms with Crippen LogP contribution in [0.25, 0.3) is 0 Å². The first kappa shape index (κ1) is 13.9. The Hall–Kier alpha value is -2.03. The van der Waals surface area contributed by atoms with Crippen LogP contribution in [0.3, 0.4) is 0 Å². The number of likely N-dealkylation sites (tertiary alicyclic amines) is 1. The number of nitrogens with zero attached hydrogens (tertiary/aromatic N) is 2. The van der Waals surface area contributed by atoms with E-state index in [9.17, 15) is 4.79 Å². The van der Waals surface area contributed by atoms with Gasteiger partial charge in [-0.05, 0) is 37.0 Å². The highest BCUT2D eigenvalue weighted by atomic mass is 16.2. The van der Waals surface area contributed by atoms with Crippen LogP contribution in [0.1, 0.15) is 29.6 Å². The van der Waals surface area contributed by atoms with Gasteiger partial charge in [-0.3, -0.25) is 4.79 Å². The van der Waals surface area contributed by atoms with Crippen molar-refractivity contribution in [3.63, 3.8) is 0 Å². The van der Waals surface area contributed by atoms with E-state index in [0.29, 0.717) is 0 Å². The Bertz CT molecular complexity index is 562. The number of rotatable bonds is 2. The second-order valence-electron chi connectivity index (χ2n) is 5.85. The van der Waals surface area contributed by atoms with Gasteiger partial charge in [0.15, 0.2) is 0 Å². The minimum absolute atomic E-state index is 0.155. The average molecular weight is 282 g/mol. The van der Waals surface area contributed by atoms with Gasteiger partial charge in [-0.1, -0.05) is 30.4 Å². The summed E-state index contributed by atoms with van der Waals surface area (Å²) >= 11 is 0. The molecule has 110 valence electrons. The maximum Gasteiger partial charge on any atom is 0.254 e. The molecule has 3 heteroatoms. The number of likely N-dealkylation sites (N-methyl/N-ethyl adjacent to an activating group) is 1. The normalized spacial score (nSPS) is 22.1. The van der Waals surface area contributed by atoms with E-state index in [4.69, 9.17) is 0 Å². The Balaban J connectivity index is 1.85. The molecule has 0 radical (unpaired) electrons. The van der Waals surface area contributed by atoms with Gasteiger partial charge in [0.05, 0.1) is 6.04 Å². The van der Waals surface area contributed by atoms with Crippen molar-refractivity contribution in [1.29, 1.82) is 0 Å². The van der Waals surface area contributed by atoms with Gasteiger partial charge in [0.2, 0.25) is 0 Å². The van der Waals surface area contributed by atoms with Gasteiger partial charge in [0.25, 0.3) is 5.91 Å². The molecule has 1 unspecified atom stereocenters. The van der Waals surface area contributed by atoms with Crippen molar-refractivity contribution in [3.8, 4) is 0 Å². The quantitative estimate of drug-likeness (QED) is 0.832. The summed E-state index contributed by atoms with van der Waals surface area (Å²) in [6, 6.07) is 9.84. The Morgan fingerprint density at radius 3 is 2.76 bits per heavy atom. The summed E-state index contributed by atoms with van der Waals surface area (Å²) in [6.45, 7) is 1.80. The highest BCUT2D eigenvalue weighted by Gasteiger charge is 2.29. The van der Waals surface area contributed by atoms with Crippen LogP contribution in [-0.4, -0.2) is 41.9 Å². The molecule has 1 aromatic carbocycles. The second-order valence-corrected chi connectivity index (χ2v) is 5.85. The van der Waals surface area contributed by atoms with Gasteiger partial charge >= 0.3 is 0 Å². The first-order chi connectivity index (χ1) is 10.3. The van der Waals surface area contributed by atoms with E-state index < -0.39 is 0 Å². The number of carbonyl (C=O) groups excluding carboxylic acids is 1. The molecule has 2 aliphatic rings. The molecule has 21 heavy (non-hydrogen) atoms. The Kier molecular flexibility index (Phi) is 4.09. The van der Waals surface area contributed by atoms with Crippen LogP contribution in [0.15, 0.2) is 54.3 Å². The molecule has 1 amide bonds. The third-order valence-electron chi connectivity index (χ3n) is 4.24. The molecule has 1 saturated heterocycles. The highest BCUT2D eigenvalue weighted by Crippen LogP contribution is 2.27. The highest BCUT2D eigenvalue weighted by molar-refractivity contribution is 5.94. The smallest absolute Gasteiger partial charge is 0.254 e. The minimum Gasteiger partial charge on any atom is -0.376 e. The summed E-state index contributed by atoms with van der Waals surface area (Å²) in [6.07, 6.45) is 9.89. The van der Waals surface area contributed by atoms with Crippen molar-refractivity contribution in [2.45, 2.75) is 25.3 Å². The molecule has 0 aliphatic carbocycles. The zero-order valence-corrected chi connectivity index (χ0v) is 12.5.